The van der Waals surface area contributed by atoms with E-state index in [1.807, 2.05) is 17.5 Å². The minimum Gasteiger partial charge on any atom is -0.359 e. The smallest absolute Gasteiger partial charge is 0.250 e. The summed E-state index contributed by atoms with van der Waals surface area (Å²) in [7, 11) is 1.58. The van der Waals surface area contributed by atoms with Crippen LogP contribution in [-0.4, -0.2) is 23.8 Å². The summed E-state index contributed by atoms with van der Waals surface area (Å²) in [5.41, 5.74) is 0.645. The molecule has 0 aliphatic rings. The van der Waals surface area contributed by atoms with E-state index in [1.165, 1.54) is 17.4 Å². The molecule has 0 saturated carbocycles. The molecular formula is C13H13N3O2S2. The first-order valence-electron chi connectivity index (χ1n) is 5.85. The summed E-state index contributed by atoms with van der Waals surface area (Å²) in [5.74, 6) is -0.343. The van der Waals surface area contributed by atoms with Gasteiger partial charge in [-0.2, -0.15) is 0 Å². The van der Waals surface area contributed by atoms with Crippen molar-refractivity contribution in [2.75, 3.05) is 12.4 Å². The summed E-state index contributed by atoms with van der Waals surface area (Å²) in [6.07, 6.45) is 3.43. The van der Waals surface area contributed by atoms with Gasteiger partial charge in [0.25, 0.3) is 0 Å². The van der Waals surface area contributed by atoms with Gasteiger partial charge in [0.05, 0.1) is 12.1 Å². The van der Waals surface area contributed by atoms with E-state index >= 15 is 0 Å². The van der Waals surface area contributed by atoms with Crippen LogP contribution in [0.25, 0.3) is 6.08 Å². The number of anilines is 1. The largest absolute Gasteiger partial charge is 0.359 e. The van der Waals surface area contributed by atoms with Crippen LogP contribution in [0.5, 0.6) is 0 Å². The second-order valence-electron chi connectivity index (χ2n) is 3.83. The fourth-order valence-corrected chi connectivity index (χ4v) is 2.72. The number of nitrogens with zero attached hydrogens (tertiary/aromatic N) is 1. The molecule has 0 spiro atoms. The van der Waals surface area contributed by atoms with E-state index in [9.17, 15) is 9.59 Å². The Morgan fingerprint density at radius 3 is 2.95 bits per heavy atom. The van der Waals surface area contributed by atoms with E-state index in [0.29, 0.717) is 10.8 Å². The van der Waals surface area contributed by atoms with Crippen molar-refractivity contribution in [1.29, 1.82) is 0 Å². The summed E-state index contributed by atoms with van der Waals surface area (Å²) in [6.45, 7) is 0. The molecule has 0 aromatic carbocycles. The molecule has 0 saturated heterocycles. The molecule has 2 aromatic rings. The van der Waals surface area contributed by atoms with Crippen LogP contribution in [0.4, 0.5) is 5.13 Å². The van der Waals surface area contributed by atoms with Gasteiger partial charge in [-0.25, -0.2) is 4.98 Å². The average Bonchev–Trinajstić information content (AvgIpc) is 3.08. The van der Waals surface area contributed by atoms with Gasteiger partial charge < -0.3 is 5.32 Å². The topological polar surface area (TPSA) is 71.1 Å². The summed E-state index contributed by atoms with van der Waals surface area (Å²) in [6, 6.07) is 3.85. The molecule has 104 valence electrons. The molecule has 0 bridgehead atoms. The number of amides is 2. The van der Waals surface area contributed by atoms with Crippen molar-refractivity contribution in [3.05, 3.63) is 39.5 Å². The van der Waals surface area contributed by atoms with Crippen molar-refractivity contribution >= 4 is 45.7 Å². The van der Waals surface area contributed by atoms with Crippen LogP contribution in [0, 0.1) is 0 Å². The Hall–Kier alpha value is -1.99. The molecule has 0 radical (unpaired) electrons. The third kappa shape index (κ3) is 4.29. The predicted octanol–water partition coefficient (Wildman–Crippen LogP) is 2.14. The van der Waals surface area contributed by atoms with Crippen molar-refractivity contribution in [3.8, 4) is 0 Å². The highest BCUT2D eigenvalue weighted by atomic mass is 32.1. The quantitative estimate of drug-likeness (QED) is 0.831. The molecule has 20 heavy (non-hydrogen) atoms. The van der Waals surface area contributed by atoms with Gasteiger partial charge in [0.15, 0.2) is 5.13 Å². The maximum atomic E-state index is 11.7. The number of rotatable bonds is 5. The Balaban J connectivity index is 1.90. The fourth-order valence-electron chi connectivity index (χ4n) is 1.39. The first kappa shape index (κ1) is 14.4. The van der Waals surface area contributed by atoms with Gasteiger partial charge >= 0.3 is 0 Å². The zero-order valence-corrected chi connectivity index (χ0v) is 12.4. The lowest BCUT2D eigenvalue weighted by molar-refractivity contribution is -0.120. The Bertz CT molecular complexity index is 617. The van der Waals surface area contributed by atoms with Crippen molar-refractivity contribution in [2.24, 2.45) is 0 Å². The number of likely N-dealkylation sites (N-methyl/N-ethyl adjacent to an activating group) is 1. The van der Waals surface area contributed by atoms with E-state index in [2.05, 4.69) is 15.6 Å². The Labute approximate surface area is 124 Å². The SMILES string of the molecule is CNC(=O)Cc1csc(NC(=O)/C=C/c2cccs2)n1. The minimum absolute atomic E-state index is 0.106. The van der Waals surface area contributed by atoms with Gasteiger partial charge in [-0.15, -0.1) is 22.7 Å². The lowest BCUT2D eigenvalue weighted by Gasteiger charge is -1.96. The molecule has 0 aliphatic heterocycles. The summed E-state index contributed by atoms with van der Waals surface area (Å²) in [5, 5.41) is 9.39. The molecular weight excluding hydrogens is 294 g/mol. The number of nitrogens with one attached hydrogen (secondary N) is 2. The molecule has 5 nitrogen and oxygen atoms in total. The highest BCUT2D eigenvalue weighted by Gasteiger charge is 2.07. The number of carbonyl (C=O) groups excluding carboxylic acids is 2. The van der Waals surface area contributed by atoms with Crippen LogP contribution in [0.2, 0.25) is 0 Å². The molecule has 2 rings (SSSR count). The van der Waals surface area contributed by atoms with Gasteiger partial charge in [-0.05, 0) is 17.5 Å². The first-order chi connectivity index (χ1) is 9.67. The van der Waals surface area contributed by atoms with E-state index in [1.54, 1.807) is 29.8 Å². The molecule has 0 atom stereocenters. The van der Waals surface area contributed by atoms with Crippen molar-refractivity contribution in [1.82, 2.24) is 10.3 Å². The molecule has 2 amide bonds. The number of hydrogen-bond acceptors (Lipinski definition) is 5. The van der Waals surface area contributed by atoms with E-state index in [4.69, 9.17) is 0 Å². The zero-order valence-electron chi connectivity index (χ0n) is 10.8. The molecule has 0 unspecified atom stereocenters. The highest BCUT2D eigenvalue weighted by Crippen LogP contribution is 2.16. The standard InChI is InChI=1S/C13H13N3O2S2/c1-14-12(18)7-9-8-20-13(15-9)16-11(17)5-4-10-3-2-6-19-10/h2-6,8H,7H2,1H3,(H,14,18)(H,15,16,17)/b5-4+. The van der Waals surface area contributed by atoms with Crippen LogP contribution in [0.3, 0.4) is 0 Å². The van der Waals surface area contributed by atoms with Crippen molar-refractivity contribution < 1.29 is 9.59 Å². The molecule has 7 heteroatoms. The van der Waals surface area contributed by atoms with E-state index in [-0.39, 0.29) is 18.2 Å². The number of hydrogen-bond donors (Lipinski definition) is 2. The number of thiophene rings is 1. The minimum atomic E-state index is -0.237. The maximum Gasteiger partial charge on any atom is 0.250 e. The average molecular weight is 307 g/mol. The molecule has 2 N–H and O–H groups in total. The lowest BCUT2D eigenvalue weighted by Crippen LogP contribution is -2.20. The summed E-state index contributed by atoms with van der Waals surface area (Å²) >= 11 is 2.86. The van der Waals surface area contributed by atoms with Crippen LogP contribution >= 0.6 is 22.7 Å². The van der Waals surface area contributed by atoms with Crippen molar-refractivity contribution in [2.45, 2.75) is 6.42 Å². The number of carbonyl (C=O) groups is 2. The van der Waals surface area contributed by atoms with Crippen LogP contribution < -0.4 is 10.6 Å². The third-order valence-corrected chi connectivity index (χ3v) is 3.99. The fraction of sp³-hybridized carbons (Fsp3) is 0.154. The van der Waals surface area contributed by atoms with Gasteiger partial charge in [0.2, 0.25) is 11.8 Å². The summed E-state index contributed by atoms with van der Waals surface area (Å²) in [4.78, 5) is 28.1. The monoisotopic (exact) mass is 307 g/mol. The van der Waals surface area contributed by atoms with Crippen LogP contribution in [-0.2, 0) is 16.0 Å². The summed E-state index contributed by atoms with van der Waals surface area (Å²) < 4.78 is 0. The van der Waals surface area contributed by atoms with Gasteiger partial charge in [-0.3, -0.25) is 14.9 Å². The predicted molar refractivity (Wildman–Crippen MR) is 81.9 cm³/mol. The maximum absolute atomic E-state index is 11.7. The third-order valence-electron chi connectivity index (χ3n) is 2.34. The molecule has 2 aromatic heterocycles. The van der Waals surface area contributed by atoms with Crippen LogP contribution in [0.15, 0.2) is 29.0 Å². The van der Waals surface area contributed by atoms with Crippen LogP contribution in [0.1, 0.15) is 10.6 Å². The van der Waals surface area contributed by atoms with Crippen molar-refractivity contribution in [3.63, 3.8) is 0 Å². The molecule has 0 fully saturated rings. The zero-order chi connectivity index (χ0) is 14.4. The second-order valence-corrected chi connectivity index (χ2v) is 5.67. The number of aromatic nitrogens is 1. The van der Waals surface area contributed by atoms with Gasteiger partial charge in [0.1, 0.15) is 0 Å². The highest BCUT2D eigenvalue weighted by molar-refractivity contribution is 7.14. The lowest BCUT2D eigenvalue weighted by atomic mass is 10.3. The van der Waals surface area contributed by atoms with E-state index < -0.39 is 0 Å². The Morgan fingerprint density at radius 1 is 1.40 bits per heavy atom. The second kappa shape index (κ2) is 6.97. The Morgan fingerprint density at radius 2 is 2.25 bits per heavy atom. The van der Waals surface area contributed by atoms with Gasteiger partial charge in [0, 0.05) is 23.4 Å². The first-order valence-corrected chi connectivity index (χ1v) is 7.61. The van der Waals surface area contributed by atoms with Gasteiger partial charge in [-0.1, -0.05) is 6.07 Å². The molecule has 2 heterocycles. The van der Waals surface area contributed by atoms with E-state index in [0.717, 1.165) is 4.88 Å². The Kier molecular flexibility index (Phi) is 5.03. The molecule has 0 aliphatic carbocycles. The normalized spacial score (nSPS) is 10.7. The number of thiazole rings is 1.